The number of ether oxygens (including phenoxy) is 1. The summed E-state index contributed by atoms with van der Waals surface area (Å²) in [6.07, 6.45) is 2.66. The van der Waals surface area contributed by atoms with E-state index in [1.807, 2.05) is 0 Å². The van der Waals surface area contributed by atoms with Crippen molar-refractivity contribution in [2.75, 3.05) is 7.11 Å². The van der Waals surface area contributed by atoms with Crippen molar-refractivity contribution in [3.63, 3.8) is 0 Å². The van der Waals surface area contributed by atoms with Gasteiger partial charge in [-0.3, -0.25) is 10.1 Å². The zero-order chi connectivity index (χ0) is 12.8. The Morgan fingerprint density at radius 3 is 2.76 bits per heavy atom. The molecule has 1 rings (SSSR count). The van der Waals surface area contributed by atoms with Crippen LogP contribution in [-0.4, -0.2) is 17.4 Å². The fraction of sp³-hybridized carbons (Fsp3) is 0.500. The fourth-order valence-electron chi connectivity index (χ4n) is 1.67. The van der Waals surface area contributed by atoms with E-state index in [9.17, 15) is 10.1 Å². The van der Waals surface area contributed by atoms with Crippen LogP contribution in [0.1, 0.15) is 25.3 Å². The summed E-state index contributed by atoms with van der Waals surface area (Å²) in [6, 6.07) is 4.87. The molecule has 0 saturated carbocycles. The molecule has 1 atom stereocenters. The molecule has 0 saturated heterocycles. The van der Waals surface area contributed by atoms with E-state index < -0.39 is 4.92 Å². The minimum Gasteiger partial charge on any atom is -0.490 e. The lowest BCUT2D eigenvalue weighted by molar-refractivity contribution is -0.385. The number of hydrogen-bond acceptors (Lipinski definition) is 3. The zero-order valence-electron chi connectivity index (χ0n) is 9.98. The first-order chi connectivity index (χ1) is 8.08. The smallest absolute Gasteiger partial charge is 0.310 e. The monoisotopic (exact) mass is 257 g/mol. The highest BCUT2D eigenvalue weighted by Crippen LogP contribution is 2.28. The number of rotatable bonds is 6. The van der Waals surface area contributed by atoms with Crippen molar-refractivity contribution in [2.45, 2.75) is 31.6 Å². The topological polar surface area (TPSA) is 52.4 Å². The van der Waals surface area contributed by atoms with E-state index in [4.69, 9.17) is 16.3 Å². The Balaban J connectivity index is 2.86. The van der Waals surface area contributed by atoms with Crippen LogP contribution in [0.2, 0.25) is 0 Å². The summed E-state index contributed by atoms with van der Waals surface area (Å²) in [5.41, 5.74) is 0.943. The molecular formula is C12H16ClNO3. The molecule has 0 radical (unpaired) electrons. The largest absolute Gasteiger partial charge is 0.490 e. The maximum atomic E-state index is 10.7. The number of hydrogen-bond donors (Lipinski definition) is 0. The van der Waals surface area contributed by atoms with E-state index in [-0.39, 0.29) is 16.8 Å². The molecule has 0 amide bonds. The van der Waals surface area contributed by atoms with E-state index >= 15 is 0 Å². The molecule has 5 heteroatoms. The minimum atomic E-state index is -0.452. The Morgan fingerprint density at radius 2 is 2.24 bits per heavy atom. The standard InChI is InChI=1S/C12H16ClNO3/c1-3-4-10(13)7-9-5-6-11(14(15)16)12(8-9)17-2/h5-6,8,10H,3-4,7H2,1-2H3. The van der Waals surface area contributed by atoms with Crippen molar-refractivity contribution >= 4 is 17.3 Å². The molecule has 17 heavy (non-hydrogen) atoms. The third-order valence-corrected chi connectivity index (χ3v) is 2.87. The van der Waals surface area contributed by atoms with Gasteiger partial charge in [-0.1, -0.05) is 19.4 Å². The van der Waals surface area contributed by atoms with Crippen molar-refractivity contribution in [3.05, 3.63) is 33.9 Å². The molecule has 0 aromatic heterocycles. The second kappa shape index (κ2) is 6.45. The normalized spacial score (nSPS) is 12.2. The SMILES string of the molecule is CCCC(Cl)Cc1ccc([N+](=O)[O-])c(OC)c1. The van der Waals surface area contributed by atoms with Crippen LogP contribution in [0.25, 0.3) is 0 Å². The zero-order valence-corrected chi connectivity index (χ0v) is 10.7. The molecule has 0 aliphatic heterocycles. The first-order valence-corrected chi connectivity index (χ1v) is 5.97. The lowest BCUT2D eigenvalue weighted by Gasteiger charge is -2.09. The molecule has 4 nitrogen and oxygen atoms in total. The van der Waals surface area contributed by atoms with Gasteiger partial charge in [-0.2, -0.15) is 0 Å². The molecule has 0 fully saturated rings. The molecule has 0 aliphatic rings. The average molecular weight is 258 g/mol. The highest BCUT2D eigenvalue weighted by atomic mass is 35.5. The molecule has 0 aliphatic carbocycles. The molecule has 0 bridgehead atoms. The summed E-state index contributed by atoms with van der Waals surface area (Å²) >= 11 is 6.14. The Bertz CT molecular complexity index is 395. The predicted octanol–water partition coefficient (Wildman–Crippen LogP) is 3.55. The van der Waals surface area contributed by atoms with Gasteiger partial charge in [0, 0.05) is 11.4 Å². The summed E-state index contributed by atoms with van der Waals surface area (Å²) in [6.45, 7) is 2.08. The average Bonchev–Trinajstić information content (AvgIpc) is 2.28. The maximum absolute atomic E-state index is 10.7. The van der Waals surface area contributed by atoms with E-state index in [0.717, 1.165) is 18.4 Å². The second-order valence-electron chi connectivity index (χ2n) is 3.85. The third-order valence-electron chi connectivity index (χ3n) is 2.50. The minimum absolute atomic E-state index is 0.0159. The molecule has 0 N–H and O–H groups in total. The van der Waals surface area contributed by atoms with Gasteiger partial charge in [-0.25, -0.2) is 0 Å². The molecule has 94 valence electrons. The Hall–Kier alpha value is -1.29. The number of nitrogens with zero attached hydrogens (tertiary/aromatic N) is 1. The van der Waals surface area contributed by atoms with E-state index in [1.165, 1.54) is 13.2 Å². The summed E-state index contributed by atoms with van der Waals surface area (Å²) in [5.74, 6) is 0.285. The summed E-state index contributed by atoms with van der Waals surface area (Å²) < 4.78 is 5.00. The molecule has 1 aromatic rings. The van der Waals surface area contributed by atoms with Crippen molar-refractivity contribution < 1.29 is 9.66 Å². The summed E-state index contributed by atoms with van der Waals surface area (Å²) in [4.78, 5) is 10.3. The van der Waals surface area contributed by atoms with Crippen LogP contribution < -0.4 is 4.74 Å². The van der Waals surface area contributed by atoms with Crippen LogP contribution in [0.4, 0.5) is 5.69 Å². The number of methoxy groups -OCH3 is 1. The van der Waals surface area contributed by atoms with Crippen LogP contribution >= 0.6 is 11.6 Å². The molecule has 1 unspecified atom stereocenters. The fourth-order valence-corrected chi connectivity index (χ4v) is 2.07. The molecule has 0 spiro atoms. The number of nitro benzene ring substituents is 1. The third kappa shape index (κ3) is 3.89. The number of halogens is 1. The highest BCUT2D eigenvalue weighted by Gasteiger charge is 2.15. The van der Waals surface area contributed by atoms with Crippen molar-refractivity contribution in [1.82, 2.24) is 0 Å². The Labute approximate surface area is 106 Å². The van der Waals surface area contributed by atoms with Gasteiger partial charge in [0.05, 0.1) is 12.0 Å². The van der Waals surface area contributed by atoms with Crippen LogP contribution in [-0.2, 0) is 6.42 Å². The van der Waals surface area contributed by atoms with Gasteiger partial charge in [-0.05, 0) is 24.5 Å². The molecule has 1 aromatic carbocycles. The first-order valence-electron chi connectivity index (χ1n) is 5.53. The van der Waals surface area contributed by atoms with E-state index in [0.29, 0.717) is 6.42 Å². The van der Waals surface area contributed by atoms with Crippen LogP contribution in [0.15, 0.2) is 18.2 Å². The second-order valence-corrected chi connectivity index (χ2v) is 4.47. The maximum Gasteiger partial charge on any atom is 0.310 e. The van der Waals surface area contributed by atoms with Gasteiger partial charge in [0.2, 0.25) is 0 Å². The summed E-state index contributed by atoms with van der Waals surface area (Å²) in [5, 5.41) is 10.8. The van der Waals surface area contributed by atoms with Gasteiger partial charge in [0.25, 0.3) is 0 Å². The molecule has 0 heterocycles. The van der Waals surface area contributed by atoms with Crippen LogP contribution in [0.5, 0.6) is 5.75 Å². The molecular weight excluding hydrogens is 242 g/mol. The quantitative estimate of drug-likeness (QED) is 0.445. The lowest BCUT2D eigenvalue weighted by Crippen LogP contribution is -2.03. The van der Waals surface area contributed by atoms with Gasteiger partial charge < -0.3 is 4.74 Å². The van der Waals surface area contributed by atoms with Gasteiger partial charge in [0.1, 0.15) is 0 Å². The first kappa shape index (κ1) is 13.8. The Kier molecular flexibility index (Phi) is 5.22. The van der Waals surface area contributed by atoms with E-state index in [1.54, 1.807) is 12.1 Å². The number of alkyl halides is 1. The Morgan fingerprint density at radius 1 is 1.53 bits per heavy atom. The predicted molar refractivity (Wildman–Crippen MR) is 67.9 cm³/mol. The van der Waals surface area contributed by atoms with Crippen LogP contribution in [0, 0.1) is 10.1 Å². The lowest BCUT2D eigenvalue weighted by atomic mass is 10.1. The number of nitro groups is 1. The number of benzene rings is 1. The van der Waals surface area contributed by atoms with Crippen molar-refractivity contribution in [2.24, 2.45) is 0 Å². The van der Waals surface area contributed by atoms with Crippen LogP contribution in [0.3, 0.4) is 0 Å². The van der Waals surface area contributed by atoms with Gasteiger partial charge in [-0.15, -0.1) is 11.6 Å². The van der Waals surface area contributed by atoms with E-state index in [2.05, 4.69) is 6.92 Å². The van der Waals surface area contributed by atoms with Gasteiger partial charge >= 0.3 is 5.69 Å². The van der Waals surface area contributed by atoms with Gasteiger partial charge in [0.15, 0.2) is 5.75 Å². The summed E-state index contributed by atoms with van der Waals surface area (Å²) in [7, 11) is 1.43. The van der Waals surface area contributed by atoms with Crippen molar-refractivity contribution in [1.29, 1.82) is 0 Å². The highest BCUT2D eigenvalue weighted by molar-refractivity contribution is 6.20. The van der Waals surface area contributed by atoms with Crippen molar-refractivity contribution in [3.8, 4) is 5.75 Å².